The largest absolute Gasteiger partial charge is 0.349 e. The molecule has 2 rings (SSSR count). The number of aromatic nitrogens is 1. The molecule has 2 unspecified atom stereocenters. The lowest BCUT2D eigenvalue weighted by molar-refractivity contribution is 0.684. The minimum absolute atomic E-state index is 0.00250. The molecule has 1 aliphatic heterocycles. The van der Waals surface area contributed by atoms with Crippen LogP contribution >= 0.6 is 0 Å². The van der Waals surface area contributed by atoms with E-state index in [-0.39, 0.29) is 5.92 Å². The van der Waals surface area contributed by atoms with Crippen molar-refractivity contribution in [1.29, 1.82) is 5.26 Å². The smallest absolute Gasteiger partial charge is 0.0882 e. The van der Waals surface area contributed by atoms with E-state index in [1.165, 1.54) is 0 Å². The van der Waals surface area contributed by atoms with Gasteiger partial charge in [0.25, 0.3) is 0 Å². The predicted octanol–water partition coefficient (Wildman–Crippen LogP) is 1.24. The van der Waals surface area contributed by atoms with Crippen molar-refractivity contribution in [2.75, 3.05) is 6.26 Å². The van der Waals surface area contributed by atoms with E-state index in [9.17, 15) is 4.21 Å². The van der Waals surface area contributed by atoms with Crippen molar-refractivity contribution in [3.05, 3.63) is 18.0 Å². The maximum atomic E-state index is 11.2. The second-order valence-electron chi connectivity index (χ2n) is 3.22. The fourth-order valence-electron chi connectivity index (χ4n) is 1.69. The Kier molecular flexibility index (Phi) is 1.97. The summed E-state index contributed by atoms with van der Waals surface area (Å²) in [5.74, 6) is -0.00250. The molecule has 0 saturated carbocycles. The molecule has 2 atom stereocenters. The lowest BCUT2D eigenvalue weighted by atomic mass is 10.1. The van der Waals surface area contributed by atoms with Crippen LogP contribution in [0.4, 0.5) is 0 Å². The summed E-state index contributed by atoms with van der Waals surface area (Å²) in [6.45, 7) is 0.880. The number of hydrogen-bond donors (Lipinski definition) is 0. The molecule has 3 nitrogen and oxygen atoms in total. The molecule has 0 aromatic carbocycles. The van der Waals surface area contributed by atoms with Gasteiger partial charge in [-0.15, -0.1) is 0 Å². The molecule has 0 saturated heterocycles. The van der Waals surface area contributed by atoms with Gasteiger partial charge in [-0.2, -0.15) is 5.26 Å². The topological polar surface area (TPSA) is 45.8 Å². The zero-order valence-electron chi connectivity index (χ0n) is 7.36. The Balaban J connectivity index is 2.43. The monoisotopic (exact) mass is 194 g/mol. The zero-order valence-corrected chi connectivity index (χ0v) is 8.17. The van der Waals surface area contributed by atoms with Gasteiger partial charge in [-0.1, -0.05) is 0 Å². The Bertz CT molecular complexity index is 402. The van der Waals surface area contributed by atoms with E-state index >= 15 is 0 Å². The van der Waals surface area contributed by atoms with Crippen LogP contribution in [0.2, 0.25) is 0 Å². The normalized spacial score (nSPS) is 22.3. The van der Waals surface area contributed by atoms with Gasteiger partial charge in [-0.25, -0.2) is 0 Å². The van der Waals surface area contributed by atoms with E-state index in [2.05, 4.69) is 6.07 Å². The first-order chi connectivity index (χ1) is 6.22. The van der Waals surface area contributed by atoms with Gasteiger partial charge in [0.1, 0.15) is 0 Å². The van der Waals surface area contributed by atoms with Crippen molar-refractivity contribution in [3.63, 3.8) is 0 Å². The highest BCUT2D eigenvalue weighted by atomic mass is 32.2. The first-order valence-electron chi connectivity index (χ1n) is 4.15. The molecule has 0 aliphatic carbocycles. The molecule has 1 aromatic heterocycles. The third-order valence-electron chi connectivity index (χ3n) is 2.41. The van der Waals surface area contributed by atoms with Gasteiger partial charge in [-0.3, -0.25) is 4.21 Å². The number of hydrogen-bond acceptors (Lipinski definition) is 2. The maximum absolute atomic E-state index is 11.2. The molecule has 2 heterocycles. The van der Waals surface area contributed by atoms with Crippen molar-refractivity contribution in [2.24, 2.45) is 0 Å². The summed E-state index contributed by atoms with van der Waals surface area (Å²) < 4.78 is 13.2. The molecule has 68 valence electrons. The zero-order chi connectivity index (χ0) is 9.42. The molecule has 4 heteroatoms. The number of fused-ring (bicyclic) bond motifs is 1. The van der Waals surface area contributed by atoms with Crippen molar-refractivity contribution in [1.82, 2.24) is 4.57 Å². The van der Waals surface area contributed by atoms with E-state index in [4.69, 9.17) is 5.26 Å². The van der Waals surface area contributed by atoms with Crippen LogP contribution < -0.4 is 0 Å². The second kappa shape index (κ2) is 3.00. The van der Waals surface area contributed by atoms with Crippen LogP contribution in [0.3, 0.4) is 0 Å². The summed E-state index contributed by atoms with van der Waals surface area (Å²) >= 11 is 0. The second-order valence-corrected chi connectivity index (χ2v) is 4.60. The molecule has 1 aromatic rings. The Morgan fingerprint density at radius 3 is 3.15 bits per heavy atom. The Morgan fingerprint density at radius 1 is 1.77 bits per heavy atom. The summed E-state index contributed by atoms with van der Waals surface area (Å²) in [6.07, 6.45) is 4.44. The number of rotatable bonds is 1. The van der Waals surface area contributed by atoms with Crippen molar-refractivity contribution in [3.8, 4) is 6.07 Å². The van der Waals surface area contributed by atoms with Crippen LogP contribution in [0, 0.1) is 11.3 Å². The number of aryl methyl sites for hydroxylation is 1. The number of nitrogens with zero attached hydrogens (tertiary/aromatic N) is 2. The van der Waals surface area contributed by atoms with Crippen LogP contribution in [0.15, 0.2) is 17.2 Å². The molecule has 1 aliphatic rings. The minimum Gasteiger partial charge on any atom is -0.349 e. The minimum atomic E-state index is -0.933. The molecule has 0 N–H and O–H groups in total. The van der Waals surface area contributed by atoms with Gasteiger partial charge in [0.15, 0.2) is 0 Å². The van der Waals surface area contributed by atoms with Gasteiger partial charge in [0, 0.05) is 24.7 Å². The average Bonchev–Trinajstić information content (AvgIpc) is 2.60. The molecule has 0 fully saturated rings. The van der Waals surface area contributed by atoms with Crippen LogP contribution in [-0.4, -0.2) is 15.0 Å². The lowest BCUT2D eigenvalue weighted by Gasteiger charge is -1.94. The molecule has 0 bridgehead atoms. The highest BCUT2D eigenvalue weighted by molar-refractivity contribution is 7.84. The third-order valence-corrected chi connectivity index (χ3v) is 3.30. The summed E-state index contributed by atoms with van der Waals surface area (Å²) in [4.78, 5) is 0.829. The van der Waals surface area contributed by atoms with Crippen LogP contribution in [0.25, 0.3) is 0 Å². The predicted molar refractivity (Wildman–Crippen MR) is 49.7 cm³/mol. The van der Waals surface area contributed by atoms with Crippen molar-refractivity contribution in [2.45, 2.75) is 23.8 Å². The molecule has 0 amide bonds. The fraction of sp³-hybridized carbons (Fsp3) is 0.444. The highest BCUT2D eigenvalue weighted by Gasteiger charge is 2.23. The quantitative estimate of drug-likeness (QED) is 0.675. The van der Waals surface area contributed by atoms with E-state index in [0.29, 0.717) is 0 Å². The summed E-state index contributed by atoms with van der Waals surface area (Å²) in [6, 6.07) is 4.14. The van der Waals surface area contributed by atoms with E-state index in [1.807, 2.05) is 16.8 Å². The standard InChI is InChI=1S/C9H10N2OS/c1-13(12)8-4-9-7(5-10)2-3-11(9)6-8/h4,6-7H,2-3H2,1H3. The molecule has 0 spiro atoms. The average molecular weight is 194 g/mol. The Morgan fingerprint density at radius 2 is 2.54 bits per heavy atom. The highest BCUT2D eigenvalue weighted by Crippen LogP contribution is 2.29. The summed E-state index contributed by atoms with van der Waals surface area (Å²) in [5, 5.41) is 8.82. The molecular formula is C9H10N2OS. The van der Waals surface area contributed by atoms with Crippen molar-refractivity contribution >= 4 is 10.8 Å². The number of nitriles is 1. The van der Waals surface area contributed by atoms with Gasteiger partial charge < -0.3 is 4.57 Å². The Hall–Kier alpha value is -1.08. The van der Waals surface area contributed by atoms with Crippen molar-refractivity contribution < 1.29 is 4.21 Å². The summed E-state index contributed by atoms with van der Waals surface area (Å²) in [7, 11) is -0.933. The lowest BCUT2D eigenvalue weighted by Crippen LogP contribution is -1.88. The maximum Gasteiger partial charge on any atom is 0.0882 e. The summed E-state index contributed by atoms with van der Waals surface area (Å²) in [5.41, 5.74) is 1.02. The van der Waals surface area contributed by atoms with Crippen LogP contribution in [-0.2, 0) is 17.3 Å². The van der Waals surface area contributed by atoms with Gasteiger partial charge in [0.2, 0.25) is 0 Å². The Labute approximate surface area is 79.4 Å². The molecule has 13 heavy (non-hydrogen) atoms. The fourth-order valence-corrected chi connectivity index (χ4v) is 2.25. The van der Waals surface area contributed by atoms with E-state index < -0.39 is 10.8 Å². The van der Waals surface area contributed by atoms with Gasteiger partial charge >= 0.3 is 0 Å². The van der Waals surface area contributed by atoms with Gasteiger partial charge in [-0.05, 0) is 12.5 Å². The van der Waals surface area contributed by atoms with Crippen LogP contribution in [0.1, 0.15) is 18.0 Å². The van der Waals surface area contributed by atoms with Crippen LogP contribution in [0.5, 0.6) is 0 Å². The van der Waals surface area contributed by atoms with E-state index in [0.717, 1.165) is 23.6 Å². The molecular weight excluding hydrogens is 184 g/mol. The third kappa shape index (κ3) is 1.29. The van der Waals surface area contributed by atoms with E-state index in [1.54, 1.807) is 6.26 Å². The SMILES string of the molecule is CS(=O)c1cc2n(c1)CCC2C#N. The first kappa shape index (κ1) is 8.52. The van der Waals surface area contributed by atoms with Gasteiger partial charge in [0.05, 0.1) is 27.7 Å². The first-order valence-corrected chi connectivity index (χ1v) is 5.71. The molecule has 0 radical (unpaired) electrons.